The second-order valence-corrected chi connectivity index (χ2v) is 15.6. The molecule has 1 N–H and O–H groups in total. The van der Waals surface area contributed by atoms with Crippen molar-refractivity contribution in [1.82, 2.24) is 0 Å². The molecule has 0 aliphatic heterocycles. The molecule has 5 rings (SSSR count). The van der Waals surface area contributed by atoms with Crippen LogP contribution in [0.2, 0.25) is 0 Å². The van der Waals surface area contributed by atoms with Crippen LogP contribution in [0.1, 0.15) is 113 Å². The predicted octanol–water partition coefficient (Wildman–Crippen LogP) is 7.24. The number of nitrogens with zero attached hydrogens (tertiary/aromatic N) is 1. The molecule has 0 amide bonds. The molecule has 0 saturated heterocycles. The van der Waals surface area contributed by atoms with Gasteiger partial charge in [0.1, 0.15) is 6.10 Å². The van der Waals surface area contributed by atoms with Gasteiger partial charge >= 0.3 is 0 Å². The summed E-state index contributed by atoms with van der Waals surface area (Å²) < 4.78 is 0. The average Bonchev–Trinajstić information content (AvgIpc) is 3.10. The van der Waals surface area contributed by atoms with Crippen LogP contribution in [0.5, 0.6) is 0 Å². The first-order valence-corrected chi connectivity index (χ1v) is 15.1. The van der Waals surface area contributed by atoms with Gasteiger partial charge in [0.25, 0.3) is 0 Å². The summed E-state index contributed by atoms with van der Waals surface area (Å²) >= 11 is 0. The van der Waals surface area contributed by atoms with Crippen molar-refractivity contribution in [2.24, 2.45) is 56.7 Å². The minimum Gasteiger partial charge on any atom is -0.385 e. The van der Waals surface area contributed by atoms with Crippen LogP contribution in [0, 0.1) is 66.8 Å². The Morgan fingerprint density at radius 2 is 1.62 bits per heavy atom. The Kier molecular flexibility index (Phi) is 6.20. The first-order chi connectivity index (χ1) is 17.1. The van der Waals surface area contributed by atoms with E-state index in [1.165, 1.54) is 32.1 Å². The van der Waals surface area contributed by atoms with Gasteiger partial charge in [-0.15, -0.1) is 0 Å². The maximum atomic E-state index is 13.5. The van der Waals surface area contributed by atoms with Crippen molar-refractivity contribution in [2.45, 2.75) is 119 Å². The van der Waals surface area contributed by atoms with Gasteiger partial charge in [0.15, 0.2) is 5.78 Å². The van der Waals surface area contributed by atoms with Gasteiger partial charge in [0.2, 0.25) is 6.54 Å². The van der Waals surface area contributed by atoms with E-state index < -0.39 is 23.0 Å². The Hall–Kier alpha value is -1.23. The maximum absolute atomic E-state index is 13.5. The van der Waals surface area contributed by atoms with Crippen LogP contribution < -0.4 is 0 Å². The fraction of sp³-hybridized carbons (Fsp3) is 0.906. The summed E-state index contributed by atoms with van der Waals surface area (Å²) in [5, 5.41) is 22.9. The second-order valence-electron chi connectivity index (χ2n) is 15.6. The van der Waals surface area contributed by atoms with Gasteiger partial charge in [-0.3, -0.25) is 14.9 Å². The second kappa shape index (κ2) is 8.38. The third kappa shape index (κ3) is 3.40. The number of Topliss-reactive ketones (excluding diaryl/α,β-unsaturated/α-hetero) is 1. The van der Waals surface area contributed by atoms with E-state index in [2.05, 4.69) is 55.4 Å². The van der Waals surface area contributed by atoms with Crippen molar-refractivity contribution in [2.75, 3.05) is 6.54 Å². The molecule has 5 nitrogen and oxygen atoms in total. The summed E-state index contributed by atoms with van der Waals surface area (Å²) in [7, 11) is 0. The molecule has 0 spiro atoms. The van der Waals surface area contributed by atoms with Crippen molar-refractivity contribution >= 4 is 5.78 Å². The molecular formula is C32H51NO4. The predicted molar refractivity (Wildman–Crippen MR) is 146 cm³/mol. The summed E-state index contributed by atoms with van der Waals surface area (Å²) in [5.74, 6) is 2.58. The van der Waals surface area contributed by atoms with Gasteiger partial charge in [0, 0.05) is 16.8 Å². The number of ketones is 1. The fourth-order valence-corrected chi connectivity index (χ4v) is 11.6. The molecule has 0 bridgehead atoms. The molecule has 0 aromatic heterocycles. The van der Waals surface area contributed by atoms with Crippen molar-refractivity contribution in [3.8, 4) is 0 Å². The zero-order valence-electron chi connectivity index (χ0n) is 24.7. The van der Waals surface area contributed by atoms with Crippen molar-refractivity contribution in [1.29, 1.82) is 0 Å². The van der Waals surface area contributed by atoms with E-state index in [1.807, 2.05) is 0 Å². The van der Waals surface area contributed by atoms with Crippen LogP contribution in [0.25, 0.3) is 0 Å². The lowest BCUT2D eigenvalue weighted by molar-refractivity contribution is -0.494. The molecule has 37 heavy (non-hydrogen) atoms. The van der Waals surface area contributed by atoms with Crippen molar-refractivity contribution in [3.05, 3.63) is 21.3 Å². The molecule has 1 unspecified atom stereocenters. The third-order valence-corrected chi connectivity index (χ3v) is 14.0. The van der Waals surface area contributed by atoms with E-state index in [-0.39, 0.29) is 34.9 Å². The highest BCUT2D eigenvalue weighted by Crippen LogP contribution is 2.77. The molecule has 208 valence electrons. The van der Waals surface area contributed by atoms with Crippen LogP contribution in [-0.2, 0) is 4.79 Å². The van der Waals surface area contributed by atoms with Gasteiger partial charge in [-0.2, -0.15) is 0 Å². The molecule has 9 atom stereocenters. The SMILES string of the molecule is CC(C)C1=C2[C@H]3CC[C@@H]4[C@@]5(C)CC[C@H](C)C(C)(C)[C@@H]5CC[C@@]4(C)[C@]3(C)CC[C@@]2(C(O)C[N+](=O)[O-])CC1=O. The highest BCUT2D eigenvalue weighted by atomic mass is 16.6. The van der Waals surface area contributed by atoms with Crippen LogP contribution >= 0.6 is 0 Å². The van der Waals surface area contributed by atoms with E-state index in [9.17, 15) is 20.0 Å². The van der Waals surface area contributed by atoms with Gasteiger partial charge in [-0.1, -0.05) is 61.0 Å². The molecule has 4 saturated carbocycles. The van der Waals surface area contributed by atoms with Crippen LogP contribution in [0.15, 0.2) is 11.1 Å². The van der Waals surface area contributed by atoms with Gasteiger partial charge < -0.3 is 5.11 Å². The van der Waals surface area contributed by atoms with Crippen LogP contribution in [0.4, 0.5) is 0 Å². The Balaban J connectivity index is 1.60. The molecule has 4 fully saturated rings. The summed E-state index contributed by atoms with van der Waals surface area (Å²) in [6.07, 6.45) is 8.12. The molecule has 0 aromatic rings. The Morgan fingerprint density at radius 1 is 0.946 bits per heavy atom. The quantitative estimate of drug-likeness (QED) is 0.317. The number of rotatable bonds is 4. The number of fused-ring (bicyclic) bond motifs is 7. The molecule has 5 aliphatic rings. The van der Waals surface area contributed by atoms with E-state index in [1.54, 1.807) is 0 Å². The summed E-state index contributed by atoms with van der Waals surface area (Å²) in [4.78, 5) is 24.6. The van der Waals surface area contributed by atoms with Crippen molar-refractivity contribution in [3.63, 3.8) is 0 Å². The van der Waals surface area contributed by atoms with Crippen LogP contribution in [0.3, 0.4) is 0 Å². The zero-order chi connectivity index (χ0) is 27.3. The summed E-state index contributed by atoms with van der Waals surface area (Å²) in [6.45, 7) is 18.9. The van der Waals surface area contributed by atoms with E-state index >= 15 is 0 Å². The molecule has 0 radical (unpaired) electrons. The summed E-state index contributed by atoms with van der Waals surface area (Å²) in [6, 6.07) is 0. The maximum Gasteiger partial charge on any atom is 0.230 e. The number of aliphatic hydroxyl groups is 1. The lowest BCUT2D eigenvalue weighted by atomic mass is 9.32. The number of carbonyl (C=O) groups is 1. The monoisotopic (exact) mass is 513 g/mol. The largest absolute Gasteiger partial charge is 0.385 e. The van der Waals surface area contributed by atoms with Crippen molar-refractivity contribution < 1.29 is 14.8 Å². The molecule has 5 heteroatoms. The lowest BCUT2D eigenvalue weighted by Crippen LogP contribution is -2.65. The minimum absolute atomic E-state index is 0.0367. The third-order valence-electron chi connectivity index (χ3n) is 14.0. The minimum atomic E-state index is -1.10. The highest BCUT2D eigenvalue weighted by Gasteiger charge is 2.70. The molecule has 0 heterocycles. The number of hydrogen-bond donors (Lipinski definition) is 1. The fourth-order valence-electron chi connectivity index (χ4n) is 11.6. The molecule has 5 aliphatic carbocycles. The van der Waals surface area contributed by atoms with E-state index in [0.29, 0.717) is 23.2 Å². The zero-order valence-corrected chi connectivity index (χ0v) is 24.7. The smallest absolute Gasteiger partial charge is 0.230 e. The Labute approximate surface area is 224 Å². The lowest BCUT2D eigenvalue weighted by Gasteiger charge is -2.72. The van der Waals surface area contributed by atoms with Gasteiger partial charge in [-0.05, 0) is 108 Å². The normalized spacial score (nSPS) is 47.7. The van der Waals surface area contributed by atoms with E-state index in [0.717, 1.165) is 35.8 Å². The Morgan fingerprint density at radius 3 is 2.24 bits per heavy atom. The molecular weight excluding hydrogens is 462 g/mol. The van der Waals surface area contributed by atoms with Gasteiger partial charge in [-0.25, -0.2) is 0 Å². The first-order valence-electron chi connectivity index (χ1n) is 15.1. The number of aliphatic hydroxyl groups excluding tert-OH is 1. The standard InChI is InChI=1S/C32H51NO4/c1-19(2)26-22(34)17-32(25(35)18-33(36)37)16-15-30(7)21(27(26)32)9-10-24-29(6)13-11-20(3)28(4,5)23(29)12-14-31(24,30)8/h19-21,23-25,35H,9-18H2,1-8H3/t20-,21+,23-,24+,25?,29-,30+,31+,32-/m0/s1. The number of allylic oxidation sites excluding steroid dienone is 1. The number of nitro groups is 1. The topological polar surface area (TPSA) is 80.4 Å². The first kappa shape index (κ1) is 27.3. The van der Waals surface area contributed by atoms with E-state index in [4.69, 9.17) is 0 Å². The van der Waals surface area contributed by atoms with Crippen LogP contribution in [-0.4, -0.2) is 28.5 Å². The highest BCUT2D eigenvalue weighted by molar-refractivity contribution is 6.00. The van der Waals surface area contributed by atoms with Gasteiger partial charge in [0.05, 0.1) is 0 Å². The molecule has 0 aromatic carbocycles. The number of carbonyl (C=O) groups excluding carboxylic acids is 1. The Bertz CT molecular complexity index is 1030. The number of hydrogen-bond acceptors (Lipinski definition) is 4. The summed E-state index contributed by atoms with van der Waals surface area (Å²) in [5.41, 5.74) is 2.17. The average molecular weight is 514 g/mol.